The first kappa shape index (κ1) is 14.2. The van der Waals surface area contributed by atoms with Crippen LogP contribution in [0.5, 0.6) is 11.6 Å². The molecule has 0 fully saturated rings. The highest BCUT2D eigenvalue weighted by molar-refractivity contribution is 5.84. The number of halogens is 1. The Morgan fingerprint density at radius 1 is 0.958 bits per heavy atom. The van der Waals surface area contributed by atoms with E-state index in [-0.39, 0.29) is 23.0 Å². The van der Waals surface area contributed by atoms with Gasteiger partial charge >= 0.3 is 0 Å². The molecular formula is C18H12FN3O2. The van der Waals surface area contributed by atoms with Crippen LogP contribution >= 0.6 is 0 Å². The van der Waals surface area contributed by atoms with Crippen molar-refractivity contribution < 1.29 is 14.6 Å². The predicted molar refractivity (Wildman–Crippen MR) is 87.1 cm³/mol. The number of imidazole rings is 1. The van der Waals surface area contributed by atoms with Crippen molar-refractivity contribution in [2.24, 2.45) is 0 Å². The van der Waals surface area contributed by atoms with E-state index in [9.17, 15) is 14.6 Å². The summed E-state index contributed by atoms with van der Waals surface area (Å²) in [5.41, 5.74) is 1.56. The van der Waals surface area contributed by atoms with Crippen LogP contribution in [0.3, 0.4) is 0 Å². The van der Waals surface area contributed by atoms with Crippen LogP contribution in [-0.2, 0) is 0 Å². The van der Waals surface area contributed by atoms with Gasteiger partial charge in [0.2, 0.25) is 5.88 Å². The summed E-state index contributed by atoms with van der Waals surface area (Å²) in [6.45, 7) is 0. The first-order valence-corrected chi connectivity index (χ1v) is 7.26. The Kier molecular flexibility index (Phi) is 3.16. The standard InChI is InChI=1S/C18H12FN3O2/c19-12-6-3-8-14(23)15(12)17-21-16(11-5-4-9-20-18(11)24)13-7-1-2-10-22(13)17/h1-10,23H,(H,20,24). The average Bonchev–Trinajstić information content (AvgIpc) is 2.95. The number of hydrogen-bond donors (Lipinski definition) is 2. The van der Waals surface area contributed by atoms with Crippen LogP contribution in [0.25, 0.3) is 28.2 Å². The summed E-state index contributed by atoms with van der Waals surface area (Å²) in [6, 6.07) is 12.9. The van der Waals surface area contributed by atoms with Crippen molar-refractivity contribution in [1.29, 1.82) is 0 Å². The van der Waals surface area contributed by atoms with Crippen LogP contribution in [0.4, 0.5) is 4.39 Å². The van der Waals surface area contributed by atoms with Gasteiger partial charge in [-0.1, -0.05) is 12.1 Å². The fourth-order valence-electron chi connectivity index (χ4n) is 2.73. The lowest BCUT2D eigenvalue weighted by Crippen LogP contribution is -1.92. The van der Waals surface area contributed by atoms with E-state index in [1.807, 2.05) is 6.07 Å². The number of phenols is 1. The van der Waals surface area contributed by atoms with Crippen LogP contribution in [0.2, 0.25) is 0 Å². The average molecular weight is 321 g/mol. The van der Waals surface area contributed by atoms with E-state index < -0.39 is 5.82 Å². The normalized spacial score (nSPS) is 11.0. The van der Waals surface area contributed by atoms with E-state index in [0.29, 0.717) is 16.8 Å². The maximum Gasteiger partial charge on any atom is 0.220 e. The molecule has 0 aliphatic heterocycles. The van der Waals surface area contributed by atoms with E-state index in [1.54, 1.807) is 34.9 Å². The third kappa shape index (κ3) is 2.08. The number of benzene rings is 1. The molecule has 0 bridgehead atoms. The number of fused-ring (bicyclic) bond motifs is 1. The lowest BCUT2D eigenvalue weighted by molar-refractivity contribution is 0.455. The van der Waals surface area contributed by atoms with Gasteiger partial charge in [-0.3, -0.25) is 4.40 Å². The molecule has 0 saturated heterocycles. The van der Waals surface area contributed by atoms with Crippen molar-refractivity contribution in [3.05, 3.63) is 66.7 Å². The van der Waals surface area contributed by atoms with Gasteiger partial charge in [0.25, 0.3) is 0 Å². The van der Waals surface area contributed by atoms with Gasteiger partial charge in [0.05, 0.1) is 16.6 Å². The Bertz CT molecular complexity index is 1040. The van der Waals surface area contributed by atoms with E-state index in [0.717, 1.165) is 0 Å². The molecule has 24 heavy (non-hydrogen) atoms. The molecule has 0 saturated carbocycles. The molecule has 3 heterocycles. The Morgan fingerprint density at radius 3 is 2.62 bits per heavy atom. The lowest BCUT2D eigenvalue weighted by Gasteiger charge is -2.04. The molecule has 4 rings (SSSR count). The van der Waals surface area contributed by atoms with Gasteiger partial charge in [-0.15, -0.1) is 0 Å². The molecule has 2 N–H and O–H groups in total. The number of aromatic nitrogens is 3. The molecule has 0 radical (unpaired) electrons. The zero-order chi connectivity index (χ0) is 16.7. The summed E-state index contributed by atoms with van der Waals surface area (Å²) in [7, 11) is 0. The van der Waals surface area contributed by atoms with E-state index in [4.69, 9.17) is 0 Å². The molecule has 0 spiro atoms. The summed E-state index contributed by atoms with van der Waals surface area (Å²) >= 11 is 0. The molecule has 0 unspecified atom stereocenters. The van der Waals surface area contributed by atoms with Crippen molar-refractivity contribution in [1.82, 2.24) is 14.4 Å². The number of nitrogens with zero attached hydrogens (tertiary/aromatic N) is 3. The molecule has 0 aliphatic rings. The Hall–Kier alpha value is -3.41. The van der Waals surface area contributed by atoms with Crippen molar-refractivity contribution in [3.8, 4) is 34.3 Å². The molecule has 1 aromatic carbocycles. The van der Waals surface area contributed by atoms with Crippen LogP contribution in [0, 0.1) is 5.82 Å². The molecular weight excluding hydrogens is 309 g/mol. The van der Waals surface area contributed by atoms with E-state index in [1.165, 1.54) is 24.4 Å². The van der Waals surface area contributed by atoms with Gasteiger partial charge in [-0.2, -0.15) is 0 Å². The third-order valence-corrected chi connectivity index (χ3v) is 3.81. The van der Waals surface area contributed by atoms with Gasteiger partial charge in [0, 0.05) is 12.4 Å². The summed E-state index contributed by atoms with van der Waals surface area (Å²) in [5.74, 6) is -0.689. The van der Waals surface area contributed by atoms with Crippen molar-refractivity contribution in [3.63, 3.8) is 0 Å². The fraction of sp³-hybridized carbons (Fsp3) is 0. The Balaban J connectivity index is 2.08. The number of pyridine rings is 2. The molecule has 0 atom stereocenters. The minimum atomic E-state index is -0.576. The monoisotopic (exact) mass is 321 g/mol. The second kappa shape index (κ2) is 5.34. The van der Waals surface area contributed by atoms with Crippen molar-refractivity contribution in [2.45, 2.75) is 0 Å². The predicted octanol–water partition coefficient (Wildman–Crippen LogP) is 3.61. The van der Waals surface area contributed by atoms with Gasteiger partial charge in [-0.05, 0) is 36.4 Å². The summed E-state index contributed by atoms with van der Waals surface area (Å²) in [6.07, 6.45) is 3.20. The first-order chi connectivity index (χ1) is 11.7. The molecule has 4 aromatic rings. The SMILES string of the molecule is Oc1cccc(F)c1-c1nc(-c2cccnc2O)c2ccccn12. The largest absolute Gasteiger partial charge is 0.507 e. The molecule has 0 aliphatic carbocycles. The molecule has 5 nitrogen and oxygen atoms in total. The quantitative estimate of drug-likeness (QED) is 0.591. The zero-order valence-corrected chi connectivity index (χ0v) is 12.4. The maximum absolute atomic E-state index is 14.3. The Morgan fingerprint density at radius 2 is 1.83 bits per heavy atom. The van der Waals surface area contributed by atoms with Gasteiger partial charge in [-0.25, -0.2) is 14.4 Å². The van der Waals surface area contributed by atoms with Crippen LogP contribution < -0.4 is 0 Å². The fourth-order valence-corrected chi connectivity index (χ4v) is 2.73. The van der Waals surface area contributed by atoms with Gasteiger partial charge < -0.3 is 10.2 Å². The minimum Gasteiger partial charge on any atom is -0.507 e. The summed E-state index contributed by atoms with van der Waals surface area (Å²) < 4.78 is 15.9. The molecule has 3 aromatic heterocycles. The second-order valence-electron chi connectivity index (χ2n) is 5.25. The van der Waals surface area contributed by atoms with Crippen LogP contribution in [-0.4, -0.2) is 24.6 Å². The number of rotatable bonds is 2. The number of hydrogen-bond acceptors (Lipinski definition) is 4. The van der Waals surface area contributed by atoms with E-state index >= 15 is 0 Å². The molecule has 0 amide bonds. The van der Waals surface area contributed by atoms with E-state index in [2.05, 4.69) is 9.97 Å². The van der Waals surface area contributed by atoms with Gasteiger partial charge in [0.15, 0.2) is 5.82 Å². The molecule has 6 heteroatoms. The smallest absolute Gasteiger partial charge is 0.220 e. The topological polar surface area (TPSA) is 70.7 Å². The highest BCUT2D eigenvalue weighted by atomic mass is 19.1. The van der Waals surface area contributed by atoms with Gasteiger partial charge in [0.1, 0.15) is 17.3 Å². The van der Waals surface area contributed by atoms with Crippen LogP contribution in [0.15, 0.2) is 60.9 Å². The Labute approximate surface area is 136 Å². The third-order valence-electron chi connectivity index (χ3n) is 3.81. The zero-order valence-electron chi connectivity index (χ0n) is 12.4. The summed E-state index contributed by atoms with van der Waals surface area (Å²) in [4.78, 5) is 8.34. The highest BCUT2D eigenvalue weighted by Crippen LogP contribution is 2.36. The number of aromatic hydroxyl groups is 2. The van der Waals surface area contributed by atoms with Crippen molar-refractivity contribution >= 4 is 5.52 Å². The molecule has 118 valence electrons. The van der Waals surface area contributed by atoms with Crippen molar-refractivity contribution in [2.75, 3.05) is 0 Å². The first-order valence-electron chi connectivity index (χ1n) is 7.26. The van der Waals surface area contributed by atoms with Crippen LogP contribution in [0.1, 0.15) is 0 Å². The lowest BCUT2D eigenvalue weighted by atomic mass is 10.1. The highest BCUT2D eigenvalue weighted by Gasteiger charge is 2.20. The second-order valence-corrected chi connectivity index (χ2v) is 5.25. The summed E-state index contributed by atoms with van der Waals surface area (Å²) in [5, 5.41) is 20.1. The maximum atomic E-state index is 14.3. The minimum absolute atomic E-state index is 0.00771. The number of phenolic OH excluding ortho intramolecular Hbond substituents is 1.